The number of unbranched alkanes of at least 4 members (excludes halogenated alkanes) is 2. The molecule has 0 aliphatic carbocycles. The SMILES string of the molecule is CCCCCc1nnc(-c2nn(-c3ccc(Cl)cc3Cl)c(-c3ccc(Cl)cc3)c2C)o1. The van der Waals surface area contributed by atoms with E-state index in [1.807, 2.05) is 37.3 Å². The summed E-state index contributed by atoms with van der Waals surface area (Å²) < 4.78 is 7.72. The van der Waals surface area contributed by atoms with Gasteiger partial charge in [-0.3, -0.25) is 0 Å². The van der Waals surface area contributed by atoms with Gasteiger partial charge in [-0.1, -0.05) is 66.7 Å². The van der Waals surface area contributed by atoms with E-state index >= 15 is 0 Å². The molecule has 5 nitrogen and oxygen atoms in total. The molecule has 0 amide bonds. The lowest BCUT2D eigenvalue weighted by Crippen LogP contribution is -2.00. The standard InChI is InChI=1S/C23H21Cl3N4O/c1-3-4-5-6-20-27-28-23(31-20)21-14(2)22(15-7-9-16(24)10-8-15)30(29-21)19-12-11-17(25)13-18(19)26/h7-13H,3-6H2,1-2H3. The molecule has 0 fully saturated rings. The van der Waals surface area contributed by atoms with Crippen LogP contribution < -0.4 is 0 Å². The van der Waals surface area contributed by atoms with Crippen molar-refractivity contribution in [3.63, 3.8) is 0 Å². The summed E-state index contributed by atoms with van der Waals surface area (Å²) in [4.78, 5) is 0. The Kier molecular flexibility index (Phi) is 6.65. The van der Waals surface area contributed by atoms with Crippen LogP contribution in [0.1, 0.15) is 37.6 Å². The second-order valence-corrected chi connectivity index (χ2v) is 8.57. The Hall–Kier alpha value is -2.34. The van der Waals surface area contributed by atoms with Crippen molar-refractivity contribution in [1.29, 1.82) is 0 Å². The highest BCUT2D eigenvalue weighted by Gasteiger charge is 2.23. The molecule has 8 heteroatoms. The number of rotatable bonds is 7. The first-order chi connectivity index (χ1) is 15.0. The van der Waals surface area contributed by atoms with Gasteiger partial charge < -0.3 is 4.42 Å². The molecule has 0 atom stereocenters. The van der Waals surface area contributed by atoms with Crippen LogP contribution in [0.5, 0.6) is 0 Å². The van der Waals surface area contributed by atoms with Gasteiger partial charge in [0, 0.05) is 27.6 Å². The molecule has 4 aromatic rings. The Bertz CT molecular complexity index is 1200. The van der Waals surface area contributed by atoms with Crippen molar-refractivity contribution in [2.75, 3.05) is 0 Å². The molecule has 0 saturated heterocycles. The third kappa shape index (κ3) is 4.64. The van der Waals surface area contributed by atoms with Crippen LogP contribution in [0.4, 0.5) is 0 Å². The van der Waals surface area contributed by atoms with Crippen LogP contribution in [-0.4, -0.2) is 20.0 Å². The third-order valence-corrected chi connectivity index (χ3v) is 5.83. The monoisotopic (exact) mass is 474 g/mol. The van der Waals surface area contributed by atoms with Crippen molar-refractivity contribution in [1.82, 2.24) is 20.0 Å². The van der Waals surface area contributed by atoms with Gasteiger partial charge in [-0.05, 0) is 43.7 Å². The average molecular weight is 476 g/mol. The first-order valence-corrected chi connectivity index (χ1v) is 11.2. The van der Waals surface area contributed by atoms with Crippen LogP contribution in [0, 0.1) is 6.92 Å². The van der Waals surface area contributed by atoms with Crippen LogP contribution in [0.15, 0.2) is 46.9 Å². The first-order valence-electron chi connectivity index (χ1n) is 10.1. The minimum atomic E-state index is 0.392. The maximum absolute atomic E-state index is 6.51. The Labute approximate surface area is 196 Å². The zero-order valence-electron chi connectivity index (χ0n) is 17.2. The summed E-state index contributed by atoms with van der Waals surface area (Å²) in [6.45, 7) is 4.14. The predicted molar refractivity (Wildman–Crippen MR) is 125 cm³/mol. The van der Waals surface area contributed by atoms with Crippen LogP contribution in [-0.2, 0) is 6.42 Å². The number of hydrogen-bond donors (Lipinski definition) is 0. The van der Waals surface area contributed by atoms with Crippen LogP contribution in [0.3, 0.4) is 0 Å². The lowest BCUT2D eigenvalue weighted by Gasteiger charge is -2.11. The first kappa shape index (κ1) is 21.9. The molecule has 0 aliphatic rings. The Morgan fingerprint density at radius 1 is 0.935 bits per heavy atom. The number of benzene rings is 2. The molecule has 2 aromatic heterocycles. The van der Waals surface area contributed by atoms with Crippen molar-refractivity contribution >= 4 is 34.8 Å². The van der Waals surface area contributed by atoms with E-state index in [1.165, 1.54) is 0 Å². The van der Waals surface area contributed by atoms with E-state index in [4.69, 9.17) is 44.3 Å². The fraction of sp³-hybridized carbons (Fsp3) is 0.261. The molecule has 0 bridgehead atoms. The summed E-state index contributed by atoms with van der Waals surface area (Å²) >= 11 is 18.7. The number of hydrogen-bond acceptors (Lipinski definition) is 4. The smallest absolute Gasteiger partial charge is 0.268 e. The topological polar surface area (TPSA) is 56.7 Å². The van der Waals surface area contributed by atoms with Gasteiger partial charge >= 0.3 is 0 Å². The van der Waals surface area contributed by atoms with Gasteiger partial charge in [0.25, 0.3) is 5.89 Å². The molecular formula is C23H21Cl3N4O. The maximum atomic E-state index is 6.51. The molecule has 0 radical (unpaired) electrons. The molecule has 0 spiro atoms. The van der Waals surface area contributed by atoms with Crippen molar-refractivity contribution in [3.05, 3.63) is 69.0 Å². The maximum Gasteiger partial charge on any atom is 0.268 e. The van der Waals surface area contributed by atoms with Crippen LogP contribution >= 0.6 is 34.8 Å². The molecule has 160 valence electrons. The van der Waals surface area contributed by atoms with E-state index in [-0.39, 0.29) is 0 Å². The molecule has 0 unspecified atom stereocenters. The molecule has 0 aliphatic heterocycles. The molecule has 0 N–H and O–H groups in total. The van der Waals surface area contributed by atoms with Gasteiger partial charge in [0.15, 0.2) is 5.69 Å². The number of nitrogens with zero attached hydrogens (tertiary/aromatic N) is 4. The Morgan fingerprint density at radius 2 is 1.68 bits per heavy atom. The minimum Gasteiger partial charge on any atom is -0.419 e. The molecule has 2 aromatic carbocycles. The molecule has 0 saturated carbocycles. The van der Waals surface area contributed by atoms with Crippen LogP contribution in [0.2, 0.25) is 15.1 Å². The lowest BCUT2D eigenvalue weighted by molar-refractivity contribution is 0.490. The predicted octanol–water partition coefficient (Wildman–Crippen LogP) is 7.59. The van der Waals surface area contributed by atoms with E-state index < -0.39 is 0 Å². The van der Waals surface area contributed by atoms with Crippen LogP contribution in [0.25, 0.3) is 28.5 Å². The molecule has 4 rings (SSSR count). The third-order valence-electron chi connectivity index (χ3n) is 5.04. The lowest BCUT2D eigenvalue weighted by atomic mass is 10.1. The summed E-state index contributed by atoms with van der Waals surface area (Å²) in [7, 11) is 0. The highest BCUT2D eigenvalue weighted by molar-refractivity contribution is 6.35. The highest BCUT2D eigenvalue weighted by atomic mass is 35.5. The summed E-state index contributed by atoms with van der Waals surface area (Å²) in [6.07, 6.45) is 4.04. The number of aromatic nitrogens is 4. The van der Waals surface area contributed by atoms with Gasteiger partial charge in [0.1, 0.15) is 0 Å². The van der Waals surface area contributed by atoms with E-state index in [9.17, 15) is 0 Å². The Balaban J connectivity index is 1.83. The van der Waals surface area contributed by atoms with Crippen molar-refractivity contribution in [2.45, 2.75) is 39.5 Å². The second kappa shape index (κ2) is 9.43. The summed E-state index contributed by atoms with van der Waals surface area (Å²) in [5.74, 6) is 1.01. The number of halogens is 3. The second-order valence-electron chi connectivity index (χ2n) is 7.29. The van der Waals surface area contributed by atoms with Gasteiger partial charge in [0.05, 0.1) is 16.4 Å². The van der Waals surface area contributed by atoms with Crippen molar-refractivity contribution in [2.24, 2.45) is 0 Å². The summed E-state index contributed by atoms with van der Waals surface area (Å²) in [5, 5.41) is 15.0. The zero-order chi connectivity index (χ0) is 22.0. The van der Waals surface area contributed by atoms with Gasteiger partial charge in [-0.15, -0.1) is 10.2 Å². The fourth-order valence-corrected chi connectivity index (χ4v) is 4.06. The van der Waals surface area contributed by atoms with Gasteiger partial charge in [0.2, 0.25) is 5.89 Å². The van der Waals surface area contributed by atoms with Crippen molar-refractivity contribution < 1.29 is 4.42 Å². The minimum absolute atomic E-state index is 0.392. The fourth-order valence-electron chi connectivity index (χ4n) is 3.45. The molecular weight excluding hydrogens is 455 g/mol. The average Bonchev–Trinajstić information content (AvgIpc) is 3.33. The quantitative estimate of drug-likeness (QED) is 0.258. The highest BCUT2D eigenvalue weighted by Crippen LogP contribution is 2.36. The zero-order valence-corrected chi connectivity index (χ0v) is 19.5. The summed E-state index contributed by atoms with van der Waals surface area (Å²) in [5.41, 5.74) is 4.02. The van der Waals surface area contributed by atoms with Crippen molar-refractivity contribution in [3.8, 4) is 28.5 Å². The van der Waals surface area contributed by atoms with E-state index in [0.717, 1.165) is 42.5 Å². The normalized spacial score (nSPS) is 11.3. The molecule has 31 heavy (non-hydrogen) atoms. The largest absolute Gasteiger partial charge is 0.419 e. The van der Waals surface area contributed by atoms with E-state index in [2.05, 4.69) is 17.1 Å². The summed E-state index contributed by atoms with van der Waals surface area (Å²) in [6, 6.07) is 12.9. The van der Waals surface area contributed by atoms with E-state index in [0.29, 0.717) is 38.2 Å². The van der Waals surface area contributed by atoms with Gasteiger partial charge in [-0.2, -0.15) is 5.10 Å². The molecule has 2 heterocycles. The number of aryl methyl sites for hydroxylation is 1. The van der Waals surface area contributed by atoms with E-state index in [1.54, 1.807) is 16.8 Å². The Morgan fingerprint density at radius 3 is 2.39 bits per heavy atom. The van der Waals surface area contributed by atoms with Gasteiger partial charge in [-0.25, -0.2) is 4.68 Å².